The van der Waals surface area contributed by atoms with Gasteiger partial charge in [-0.25, -0.2) is 0 Å². The molecule has 1 aliphatic carbocycles. The van der Waals surface area contributed by atoms with Crippen LogP contribution in [0.15, 0.2) is 24.3 Å². The normalized spacial score (nSPS) is 19.6. The van der Waals surface area contributed by atoms with Crippen LogP contribution >= 0.6 is 0 Å². The molecule has 0 unspecified atom stereocenters. The third-order valence-electron chi connectivity index (χ3n) is 3.87. The summed E-state index contributed by atoms with van der Waals surface area (Å²) in [4.78, 5) is 0. The van der Waals surface area contributed by atoms with Crippen molar-refractivity contribution >= 4 is 0 Å². The first-order valence-corrected chi connectivity index (χ1v) is 6.16. The van der Waals surface area contributed by atoms with E-state index in [0.29, 0.717) is 6.54 Å². The van der Waals surface area contributed by atoms with E-state index in [4.69, 9.17) is 5.73 Å². The Kier molecular flexibility index (Phi) is 3.59. The van der Waals surface area contributed by atoms with E-state index >= 15 is 0 Å². The third kappa shape index (κ3) is 2.12. The van der Waals surface area contributed by atoms with Gasteiger partial charge in [-0.05, 0) is 24.0 Å². The Balaban J connectivity index is 2.24. The molecule has 0 atom stereocenters. The molecule has 2 rings (SSSR count). The van der Waals surface area contributed by atoms with Crippen LogP contribution < -0.4 is 5.73 Å². The molecule has 0 heterocycles. The Labute approximate surface area is 96.9 Å². The van der Waals surface area contributed by atoms with Gasteiger partial charge in [0.05, 0.1) is 6.67 Å². The molecule has 0 aromatic heterocycles. The number of nitrogens with two attached hydrogens (primary N) is 1. The number of hydrogen-bond donors (Lipinski definition) is 1. The van der Waals surface area contributed by atoms with E-state index in [0.717, 1.165) is 36.8 Å². The highest BCUT2D eigenvalue weighted by Gasteiger charge is 2.33. The summed E-state index contributed by atoms with van der Waals surface area (Å²) in [7, 11) is 0. The van der Waals surface area contributed by atoms with Crippen molar-refractivity contribution < 1.29 is 4.39 Å². The zero-order valence-corrected chi connectivity index (χ0v) is 9.71. The van der Waals surface area contributed by atoms with Crippen molar-refractivity contribution in [3.63, 3.8) is 0 Å². The summed E-state index contributed by atoms with van der Waals surface area (Å²) in [6, 6.07) is 8.18. The Morgan fingerprint density at radius 1 is 1.06 bits per heavy atom. The van der Waals surface area contributed by atoms with Crippen molar-refractivity contribution in [1.82, 2.24) is 0 Å². The van der Waals surface area contributed by atoms with Gasteiger partial charge in [-0.3, -0.25) is 4.39 Å². The summed E-state index contributed by atoms with van der Waals surface area (Å²) < 4.78 is 13.4. The summed E-state index contributed by atoms with van der Waals surface area (Å²) in [5.41, 5.74) is 7.64. The van der Waals surface area contributed by atoms with Crippen LogP contribution in [-0.2, 0) is 12.0 Å². The minimum absolute atomic E-state index is 0.203. The first-order chi connectivity index (χ1) is 7.80. The fourth-order valence-corrected chi connectivity index (χ4v) is 2.72. The molecule has 0 radical (unpaired) electrons. The van der Waals surface area contributed by atoms with Crippen LogP contribution in [0.1, 0.15) is 43.2 Å². The molecule has 16 heavy (non-hydrogen) atoms. The fraction of sp³-hybridized carbons (Fsp3) is 0.571. The van der Waals surface area contributed by atoms with E-state index in [1.165, 1.54) is 6.42 Å². The molecule has 88 valence electrons. The van der Waals surface area contributed by atoms with Crippen LogP contribution in [0, 0.1) is 0 Å². The molecule has 1 nitrogen and oxygen atoms in total. The van der Waals surface area contributed by atoms with E-state index in [1.807, 2.05) is 12.1 Å². The van der Waals surface area contributed by atoms with E-state index in [2.05, 4.69) is 12.1 Å². The van der Waals surface area contributed by atoms with Crippen molar-refractivity contribution in [3.05, 3.63) is 35.4 Å². The Bertz CT molecular complexity index is 325. The van der Waals surface area contributed by atoms with Crippen LogP contribution in [0.3, 0.4) is 0 Å². The lowest BCUT2D eigenvalue weighted by atomic mass is 9.70. The molecular weight excluding hydrogens is 201 g/mol. The molecule has 0 amide bonds. The number of benzene rings is 1. The van der Waals surface area contributed by atoms with Gasteiger partial charge >= 0.3 is 0 Å². The zero-order valence-electron chi connectivity index (χ0n) is 9.71. The van der Waals surface area contributed by atoms with E-state index in [-0.39, 0.29) is 12.1 Å². The molecule has 1 aromatic rings. The van der Waals surface area contributed by atoms with Gasteiger partial charge in [0.1, 0.15) is 0 Å². The molecular formula is C14H20FN. The van der Waals surface area contributed by atoms with Crippen LogP contribution in [0.2, 0.25) is 0 Å². The van der Waals surface area contributed by atoms with E-state index in [9.17, 15) is 4.39 Å². The number of rotatable bonds is 3. The number of halogens is 1. The summed E-state index contributed by atoms with van der Waals surface area (Å²) >= 11 is 0. The summed E-state index contributed by atoms with van der Waals surface area (Å²) in [5, 5.41) is 0. The van der Waals surface area contributed by atoms with Crippen LogP contribution in [0.4, 0.5) is 4.39 Å². The van der Waals surface area contributed by atoms with Gasteiger partial charge in [0.25, 0.3) is 0 Å². The predicted octanol–water partition coefficient (Wildman–Crippen LogP) is 3.32. The second kappa shape index (κ2) is 4.96. The number of alkyl halides is 1. The maximum atomic E-state index is 13.4. The lowest BCUT2D eigenvalue weighted by Crippen LogP contribution is -2.31. The molecule has 1 saturated carbocycles. The molecule has 1 fully saturated rings. The van der Waals surface area contributed by atoms with Gasteiger partial charge < -0.3 is 5.73 Å². The smallest absolute Gasteiger partial charge is 0.0990 e. The first kappa shape index (κ1) is 11.6. The summed E-state index contributed by atoms with van der Waals surface area (Å²) in [6.45, 7) is 0.331. The molecule has 2 heteroatoms. The average Bonchev–Trinajstić information content (AvgIpc) is 2.39. The Hall–Kier alpha value is -0.890. The van der Waals surface area contributed by atoms with Crippen LogP contribution in [0.5, 0.6) is 0 Å². The number of hydrogen-bond acceptors (Lipinski definition) is 1. The Morgan fingerprint density at radius 2 is 1.69 bits per heavy atom. The molecule has 0 aliphatic heterocycles. The second-order valence-electron chi connectivity index (χ2n) is 4.88. The molecule has 0 spiro atoms. The maximum Gasteiger partial charge on any atom is 0.0990 e. The van der Waals surface area contributed by atoms with Gasteiger partial charge in [0.15, 0.2) is 0 Å². The van der Waals surface area contributed by atoms with Gasteiger partial charge in [-0.15, -0.1) is 0 Å². The minimum atomic E-state index is -0.227. The third-order valence-corrected chi connectivity index (χ3v) is 3.87. The van der Waals surface area contributed by atoms with Crippen molar-refractivity contribution in [2.24, 2.45) is 5.73 Å². The molecule has 1 aliphatic rings. The van der Waals surface area contributed by atoms with Crippen LogP contribution in [-0.4, -0.2) is 6.67 Å². The standard InChI is InChI=1S/C14H20FN/c15-11-14(8-2-1-3-9-14)13-6-4-12(10-16)5-7-13/h4-7H,1-3,8-11,16H2. The highest BCUT2D eigenvalue weighted by molar-refractivity contribution is 5.30. The lowest BCUT2D eigenvalue weighted by molar-refractivity contribution is 0.226. The largest absolute Gasteiger partial charge is 0.326 e. The minimum Gasteiger partial charge on any atom is -0.326 e. The van der Waals surface area contributed by atoms with Gasteiger partial charge in [-0.2, -0.15) is 0 Å². The first-order valence-electron chi connectivity index (χ1n) is 6.16. The van der Waals surface area contributed by atoms with Crippen molar-refractivity contribution in [1.29, 1.82) is 0 Å². The van der Waals surface area contributed by atoms with Gasteiger partial charge in [-0.1, -0.05) is 43.5 Å². The molecule has 0 bridgehead atoms. The van der Waals surface area contributed by atoms with Crippen molar-refractivity contribution in [2.45, 2.75) is 44.1 Å². The maximum absolute atomic E-state index is 13.4. The van der Waals surface area contributed by atoms with Crippen LogP contribution in [0.25, 0.3) is 0 Å². The predicted molar refractivity (Wildman–Crippen MR) is 65.1 cm³/mol. The van der Waals surface area contributed by atoms with E-state index < -0.39 is 0 Å². The molecule has 0 saturated heterocycles. The van der Waals surface area contributed by atoms with Crippen molar-refractivity contribution in [2.75, 3.05) is 6.67 Å². The lowest BCUT2D eigenvalue weighted by Gasteiger charge is -2.35. The summed E-state index contributed by atoms with van der Waals surface area (Å²) in [5.74, 6) is 0. The molecule has 2 N–H and O–H groups in total. The van der Waals surface area contributed by atoms with Gasteiger partial charge in [0, 0.05) is 12.0 Å². The quantitative estimate of drug-likeness (QED) is 0.832. The zero-order chi connectivity index (χ0) is 11.4. The average molecular weight is 221 g/mol. The van der Waals surface area contributed by atoms with E-state index in [1.54, 1.807) is 0 Å². The second-order valence-corrected chi connectivity index (χ2v) is 4.88. The topological polar surface area (TPSA) is 26.0 Å². The molecule has 1 aromatic carbocycles. The SMILES string of the molecule is NCc1ccc(C2(CF)CCCCC2)cc1. The Morgan fingerprint density at radius 3 is 2.19 bits per heavy atom. The monoisotopic (exact) mass is 221 g/mol. The highest BCUT2D eigenvalue weighted by Crippen LogP contribution is 2.39. The fourth-order valence-electron chi connectivity index (χ4n) is 2.72. The van der Waals surface area contributed by atoms with Crippen molar-refractivity contribution in [3.8, 4) is 0 Å². The van der Waals surface area contributed by atoms with Gasteiger partial charge in [0.2, 0.25) is 0 Å². The summed E-state index contributed by atoms with van der Waals surface area (Å²) in [6.07, 6.45) is 5.55. The highest BCUT2D eigenvalue weighted by atomic mass is 19.1.